The van der Waals surface area contributed by atoms with Gasteiger partial charge in [-0.3, -0.25) is 4.79 Å². The fourth-order valence-electron chi connectivity index (χ4n) is 3.49. The summed E-state index contributed by atoms with van der Waals surface area (Å²) in [6.07, 6.45) is 1.12. The van der Waals surface area contributed by atoms with Gasteiger partial charge in [-0.1, -0.05) is 32.9 Å². The maximum atomic E-state index is 13.4. The van der Waals surface area contributed by atoms with Crippen LogP contribution >= 0.6 is 0 Å². The standard InChI is InChI=1S/C24H29N3O4S/c1-24(2,3)17-31-22-10-9-19(32(4,29)30)15-20(22)23(28)27-13-11-26(12-14-27)21-8-6-5-7-18(21)16-25/h5-10,15H,11-14,17H2,1-4H3. The summed E-state index contributed by atoms with van der Waals surface area (Å²) in [7, 11) is -3.47. The lowest BCUT2D eigenvalue weighted by molar-refractivity contribution is 0.0739. The van der Waals surface area contributed by atoms with Crippen molar-refractivity contribution in [2.24, 2.45) is 5.41 Å². The number of carbonyl (C=O) groups is 1. The number of benzene rings is 2. The van der Waals surface area contributed by atoms with E-state index in [-0.39, 0.29) is 21.8 Å². The Labute approximate surface area is 190 Å². The first-order valence-electron chi connectivity index (χ1n) is 10.5. The van der Waals surface area contributed by atoms with Crippen molar-refractivity contribution in [1.82, 2.24) is 4.90 Å². The molecule has 0 N–H and O–H groups in total. The predicted molar refractivity (Wildman–Crippen MR) is 124 cm³/mol. The maximum Gasteiger partial charge on any atom is 0.257 e. The molecule has 0 radical (unpaired) electrons. The van der Waals surface area contributed by atoms with E-state index >= 15 is 0 Å². The van der Waals surface area contributed by atoms with Gasteiger partial charge in [-0.15, -0.1) is 0 Å². The Kier molecular flexibility index (Phi) is 6.79. The Balaban J connectivity index is 1.82. The highest BCUT2D eigenvalue weighted by atomic mass is 32.2. The average Bonchev–Trinajstić information content (AvgIpc) is 2.76. The highest BCUT2D eigenvalue weighted by Crippen LogP contribution is 2.28. The Morgan fingerprint density at radius 3 is 2.34 bits per heavy atom. The van der Waals surface area contributed by atoms with Crippen LogP contribution in [-0.2, 0) is 9.84 Å². The molecule has 1 heterocycles. The van der Waals surface area contributed by atoms with Crippen molar-refractivity contribution in [3.05, 3.63) is 53.6 Å². The van der Waals surface area contributed by atoms with Gasteiger partial charge in [0, 0.05) is 32.4 Å². The number of nitriles is 1. The van der Waals surface area contributed by atoms with Gasteiger partial charge in [0.1, 0.15) is 11.8 Å². The monoisotopic (exact) mass is 455 g/mol. The van der Waals surface area contributed by atoms with E-state index in [0.717, 1.165) is 11.9 Å². The number of sulfone groups is 1. The molecule has 0 aliphatic carbocycles. The summed E-state index contributed by atoms with van der Waals surface area (Å²) in [6, 6.07) is 14.1. The summed E-state index contributed by atoms with van der Waals surface area (Å²) in [5, 5.41) is 9.36. The molecule has 1 aliphatic rings. The van der Waals surface area contributed by atoms with Crippen molar-refractivity contribution >= 4 is 21.4 Å². The van der Waals surface area contributed by atoms with Gasteiger partial charge in [-0.2, -0.15) is 5.26 Å². The lowest BCUT2D eigenvalue weighted by Crippen LogP contribution is -2.49. The summed E-state index contributed by atoms with van der Waals surface area (Å²) in [5.41, 5.74) is 1.60. The summed E-state index contributed by atoms with van der Waals surface area (Å²) >= 11 is 0. The molecule has 1 aliphatic heterocycles. The third-order valence-corrected chi connectivity index (χ3v) is 6.31. The van der Waals surface area contributed by atoms with E-state index in [9.17, 15) is 18.5 Å². The van der Waals surface area contributed by atoms with Crippen molar-refractivity contribution < 1.29 is 17.9 Å². The SMILES string of the molecule is CC(C)(C)COc1ccc(S(C)(=O)=O)cc1C(=O)N1CCN(c2ccccc2C#N)CC1. The van der Waals surface area contributed by atoms with Gasteiger partial charge in [0.15, 0.2) is 9.84 Å². The van der Waals surface area contributed by atoms with E-state index in [2.05, 4.69) is 11.0 Å². The largest absolute Gasteiger partial charge is 0.492 e. The molecular formula is C24H29N3O4S. The first-order valence-corrected chi connectivity index (χ1v) is 12.4. The molecule has 7 nitrogen and oxygen atoms in total. The lowest BCUT2D eigenvalue weighted by atomic mass is 9.98. The molecule has 0 aromatic heterocycles. The third kappa shape index (κ3) is 5.60. The number of hydrogen-bond donors (Lipinski definition) is 0. The molecule has 1 amide bonds. The van der Waals surface area contributed by atoms with E-state index in [1.807, 2.05) is 39.0 Å². The molecular weight excluding hydrogens is 426 g/mol. The molecule has 0 spiro atoms. The first kappa shape index (κ1) is 23.6. The van der Waals surface area contributed by atoms with E-state index < -0.39 is 9.84 Å². The van der Waals surface area contributed by atoms with Gasteiger partial charge in [-0.25, -0.2) is 8.42 Å². The number of piperazine rings is 1. The first-order chi connectivity index (χ1) is 15.0. The number of ether oxygens (including phenoxy) is 1. The van der Waals surface area contributed by atoms with Crippen LogP contribution in [-0.4, -0.2) is 58.3 Å². The van der Waals surface area contributed by atoms with Gasteiger partial charge >= 0.3 is 0 Å². The van der Waals surface area contributed by atoms with Crippen LogP contribution in [0, 0.1) is 16.7 Å². The van der Waals surface area contributed by atoms with Crippen molar-refractivity contribution in [2.45, 2.75) is 25.7 Å². The van der Waals surface area contributed by atoms with Crippen molar-refractivity contribution in [1.29, 1.82) is 5.26 Å². The van der Waals surface area contributed by atoms with Crippen LogP contribution in [0.2, 0.25) is 0 Å². The summed E-state index contributed by atoms with van der Waals surface area (Å²) in [5.74, 6) is 0.127. The van der Waals surface area contributed by atoms with Crippen LogP contribution in [0.15, 0.2) is 47.4 Å². The normalized spacial score (nSPS) is 14.7. The topological polar surface area (TPSA) is 90.7 Å². The van der Waals surface area contributed by atoms with Gasteiger partial charge in [0.05, 0.1) is 28.3 Å². The number of nitrogens with zero attached hydrogens (tertiary/aromatic N) is 3. The number of carbonyl (C=O) groups excluding carboxylic acids is 1. The second kappa shape index (κ2) is 9.21. The quantitative estimate of drug-likeness (QED) is 0.687. The summed E-state index contributed by atoms with van der Waals surface area (Å²) < 4.78 is 30.1. The lowest BCUT2D eigenvalue weighted by Gasteiger charge is -2.36. The van der Waals surface area contributed by atoms with Crippen molar-refractivity contribution in [3.8, 4) is 11.8 Å². The Morgan fingerprint density at radius 1 is 1.09 bits per heavy atom. The zero-order valence-electron chi connectivity index (χ0n) is 19.0. The highest BCUT2D eigenvalue weighted by molar-refractivity contribution is 7.90. The maximum absolute atomic E-state index is 13.4. The molecule has 8 heteroatoms. The molecule has 1 fully saturated rings. The minimum absolute atomic E-state index is 0.0885. The number of hydrogen-bond acceptors (Lipinski definition) is 6. The fourth-order valence-corrected chi connectivity index (χ4v) is 4.14. The van der Waals surface area contributed by atoms with Crippen LogP contribution < -0.4 is 9.64 Å². The minimum atomic E-state index is -3.47. The smallest absolute Gasteiger partial charge is 0.257 e. The van der Waals surface area contributed by atoms with E-state index in [1.165, 1.54) is 12.1 Å². The third-order valence-electron chi connectivity index (χ3n) is 5.20. The molecule has 32 heavy (non-hydrogen) atoms. The molecule has 3 rings (SSSR count). The number of anilines is 1. The van der Waals surface area contributed by atoms with Crippen molar-refractivity contribution in [2.75, 3.05) is 43.9 Å². The molecule has 0 unspecified atom stereocenters. The van der Waals surface area contributed by atoms with Gasteiger partial charge in [0.25, 0.3) is 5.91 Å². The summed E-state index contributed by atoms with van der Waals surface area (Å²) in [4.78, 5) is 17.3. The number of amides is 1. The molecule has 2 aromatic rings. The van der Waals surface area contributed by atoms with Crippen molar-refractivity contribution in [3.63, 3.8) is 0 Å². The van der Waals surface area contributed by atoms with Crippen LogP contribution in [0.25, 0.3) is 0 Å². The van der Waals surface area contributed by atoms with Gasteiger partial charge < -0.3 is 14.5 Å². The molecule has 1 saturated heterocycles. The molecule has 170 valence electrons. The highest BCUT2D eigenvalue weighted by Gasteiger charge is 2.27. The van der Waals surface area contributed by atoms with E-state index in [4.69, 9.17) is 4.74 Å². The second-order valence-corrected chi connectivity index (χ2v) is 11.2. The van der Waals surface area contributed by atoms with Crippen LogP contribution in [0.3, 0.4) is 0 Å². The van der Waals surface area contributed by atoms with Crippen LogP contribution in [0.4, 0.5) is 5.69 Å². The molecule has 0 bridgehead atoms. The summed E-state index contributed by atoms with van der Waals surface area (Å²) in [6.45, 7) is 8.54. The number of rotatable bonds is 5. The zero-order chi connectivity index (χ0) is 23.5. The minimum Gasteiger partial charge on any atom is -0.492 e. The van der Waals surface area contributed by atoms with Crippen LogP contribution in [0.1, 0.15) is 36.7 Å². The Hall–Kier alpha value is -3.05. The average molecular weight is 456 g/mol. The van der Waals surface area contributed by atoms with Gasteiger partial charge in [0.2, 0.25) is 0 Å². The van der Waals surface area contributed by atoms with Gasteiger partial charge in [-0.05, 0) is 35.7 Å². The second-order valence-electron chi connectivity index (χ2n) is 9.19. The number of para-hydroxylation sites is 1. The van der Waals surface area contributed by atoms with E-state index in [0.29, 0.717) is 44.1 Å². The van der Waals surface area contributed by atoms with Crippen LogP contribution in [0.5, 0.6) is 5.75 Å². The zero-order valence-corrected chi connectivity index (χ0v) is 19.8. The molecule has 2 aromatic carbocycles. The Morgan fingerprint density at radius 2 is 1.75 bits per heavy atom. The molecule has 0 atom stereocenters. The Bertz CT molecular complexity index is 1140. The predicted octanol–water partition coefficient (Wildman–Crippen LogP) is 3.35. The fraction of sp³-hybridized carbons (Fsp3) is 0.417. The molecule has 0 saturated carbocycles. The van der Waals surface area contributed by atoms with E-state index in [1.54, 1.807) is 17.0 Å².